The molecule has 2 heterocycles. The first-order valence-electron chi connectivity index (χ1n) is 13.2. The standard InChI is InChI=1S/C34H36N/c1-5-8-13-26-14-12-17-28(22-26)30-20-21-35-33(24-30)32-23-29(27-15-10-9-11-16-27)18-19-31(32)25(4)34(35,6-2)7-3/h9-12,14-24H,4-8,13H2,1-3H3/q+1. The average molecular weight is 459 g/mol. The van der Waals surface area contributed by atoms with E-state index in [1.807, 2.05) is 0 Å². The molecule has 1 nitrogen and oxygen atoms in total. The lowest BCUT2D eigenvalue weighted by Gasteiger charge is -2.35. The van der Waals surface area contributed by atoms with Crippen molar-refractivity contribution < 1.29 is 4.57 Å². The Balaban J connectivity index is 1.70. The number of rotatable bonds is 7. The molecule has 0 saturated carbocycles. The molecule has 0 spiro atoms. The third-order valence-electron chi connectivity index (χ3n) is 7.95. The fourth-order valence-corrected chi connectivity index (χ4v) is 5.79. The molecular formula is C34H36N+. The second-order valence-corrected chi connectivity index (χ2v) is 9.82. The van der Waals surface area contributed by atoms with E-state index in [0.29, 0.717) is 0 Å². The number of allylic oxidation sites excluding steroid dienone is 1. The highest BCUT2D eigenvalue weighted by molar-refractivity contribution is 5.87. The third-order valence-corrected chi connectivity index (χ3v) is 7.95. The zero-order valence-corrected chi connectivity index (χ0v) is 21.4. The van der Waals surface area contributed by atoms with Crippen molar-refractivity contribution in [2.45, 2.75) is 58.4 Å². The van der Waals surface area contributed by atoms with E-state index < -0.39 is 0 Å². The molecule has 4 aromatic rings. The number of aryl methyl sites for hydroxylation is 1. The molecule has 176 valence electrons. The Hall–Kier alpha value is -3.45. The van der Waals surface area contributed by atoms with Crippen molar-refractivity contribution >= 4 is 5.57 Å². The topological polar surface area (TPSA) is 3.88 Å². The average Bonchev–Trinajstić information content (AvgIpc) is 2.93. The lowest BCUT2D eigenvalue weighted by atomic mass is 9.75. The molecule has 1 aromatic heterocycles. The number of fused-ring (bicyclic) bond motifs is 3. The fourth-order valence-electron chi connectivity index (χ4n) is 5.79. The summed E-state index contributed by atoms with van der Waals surface area (Å²) in [4.78, 5) is 0. The molecule has 0 unspecified atom stereocenters. The minimum absolute atomic E-state index is 0.0991. The van der Waals surface area contributed by atoms with Crippen molar-refractivity contribution in [1.82, 2.24) is 0 Å². The first-order chi connectivity index (χ1) is 17.1. The largest absolute Gasteiger partial charge is 0.214 e. The quantitative estimate of drug-likeness (QED) is 0.243. The first kappa shape index (κ1) is 23.3. The summed E-state index contributed by atoms with van der Waals surface area (Å²) >= 11 is 0. The van der Waals surface area contributed by atoms with Crippen LogP contribution in [-0.4, -0.2) is 0 Å². The van der Waals surface area contributed by atoms with E-state index in [1.54, 1.807) is 0 Å². The molecule has 35 heavy (non-hydrogen) atoms. The van der Waals surface area contributed by atoms with Crippen molar-refractivity contribution in [2.75, 3.05) is 0 Å². The Morgan fingerprint density at radius 2 is 1.40 bits per heavy atom. The maximum absolute atomic E-state index is 4.65. The van der Waals surface area contributed by atoms with E-state index in [-0.39, 0.29) is 5.54 Å². The molecule has 0 fully saturated rings. The van der Waals surface area contributed by atoms with Crippen LogP contribution in [0, 0.1) is 0 Å². The molecule has 1 aliphatic rings. The van der Waals surface area contributed by atoms with Crippen molar-refractivity contribution in [2.24, 2.45) is 0 Å². The lowest BCUT2D eigenvalue weighted by Crippen LogP contribution is -2.59. The van der Waals surface area contributed by atoms with E-state index in [9.17, 15) is 0 Å². The lowest BCUT2D eigenvalue weighted by molar-refractivity contribution is -0.741. The van der Waals surface area contributed by atoms with Crippen LogP contribution in [0.3, 0.4) is 0 Å². The fraction of sp³-hybridized carbons (Fsp3) is 0.265. The van der Waals surface area contributed by atoms with E-state index in [0.717, 1.165) is 19.3 Å². The van der Waals surface area contributed by atoms with Crippen LogP contribution in [0.1, 0.15) is 57.6 Å². The molecule has 3 aromatic carbocycles. The summed E-state index contributed by atoms with van der Waals surface area (Å²) in [5.74, 6) is 0. The van der Waals surface area contributed by atoms with Crippen molar-refractivity contribution in [3.8, 4) is 33.5 Å². The van der Waals surface area contributed by atoms with Crippen molar-refractivity contribution in [1.29, 1.82) is 0 Å². The van der Waals surface area contributed by atoms with E-state index in [4.69, 9.17) is 0 Å². The summed E-state index contributed by atoms with van der Waals surface area (Å²) < 4.78 is 2.50. The van der Waals surface area contributed by atoms with Crippen LogP contribution in [0.5, 0.6) is 0 Å². The van der Waals surface area contributed by atoms with Gasteiger partial charge in [-0.2, -0.15) is 4.57 Å². The number of aromatic nitrogens is 1. The molecule has 0 radical (unpaired) electrons. The zero-order chi connectivity index (χ0) is 24.4. The van der Waals surface area contributed by atoms with Gasteiger partial charge in [-0.1, -0.05) is 101 Å². The number of hydrogen-bond acceptors (Lipinski definition) is 0. The zero-order valence-electron chi connectivity index (χ0n) is 21.4. The number of nitrogens with zero attached hydrogens (tertiary/aromatic N) is 1. The Morgan fingerprint density at radius 1 is 0.686 bits per heavy atom. The van der Waals surface area contributed by atoms with Crippen molar-refractivity contribution in [3.05, 3.63) is 109 Å². The summed E-state index contributed by atoms with van der Waals surface area (Å²) in [6.07, 6.45) is 7.94. The van der Waals surface area contributed by atoms with Gasteiger partial charge in [-0.05, 0) is 52.3 Å². The predicted octanol–water partition coefficient (Wildman–Crippen LogP) is 8.86. The highest BCUT2D eigenvalue weighted by atomic mass is 15.1. The number of benzene rings is 3. The van der Waals surface area contributed by atoms with Crippen LogP contribution < -0.4 is 4.57 Å². The molecule has 0 N–H and O–H groups in total. The number of unbranched alkanes of at least 4 members (excludes halogenated alkanes) is 1. The molecule has 0 bridgehead atoms. The van der Waals surface area contributed by atoms with Gasteiger partial charge >= 0.3 is 0 Å². The summed E-state index contributed by atoms with van der Waals surface area (Å²) in [5.41, 5.74) is 11.5. The molecule has 1 aliphatic heterocycles. The van der Waals surface area contributed by atoms with Gasteiger partial charge in [-0.25, -0.2) is 0 Å². The third kappa shape index (κ3) is 4.04. The van der Waals surface area contributed by atoms with Gasteiger partial charge in [0.25, 0.3) is 0 Å². The highest BCUT2D eigenvalue weighted by Gasteiger charge is 2.46. The van der Waals surface area contributed by atoms with Gasteiger partial charge in [0.15, 0.2) is 11.7 Å². The maximum Gasteiger partial charge on any atom is 0.214 e. The maximum atomic E-state index is 4.65. The van der Waals surface area contributed by atoms with E-state index in [1.165, 1.54) is 63.1 Å². The number of hydrogen-bond donors (Lipinski definition) is 0. The highest BCUT2D eigenvalue weighted by Crippen LogP contribution is 2.45. The minimum atomic E-state index is -0.0991. The summed E-state index contributed by atoms with van der Waals surface area (Å²) in [6.45, 7) is 11.5. The second-order valence-electron chi connectivity index (χ2n) is 9.82. The van der Waals surface area contributed by atoms with Gasteiger partial charge in [0.2, 0.25) is 5.69 Å². The van der Waals surface area contributed by atoms with Crippen LogP contribution in [0.15, 0.2) is 97.7 Å². The number of pyridine rings is 1. The Morgan fingerprint density at radius 3 is 2.14 bits per heavy atom. The minimum Gasteiger partial charge on any atom is -0.189 e. The van der Waals surface area contributed by atoms with Gasteiger partial charge in [-0.3, -0.25) is 0 Å². The van der Waals surface area contributed by atoms with Crippen LogP contribution >= 0.6 is 0 Å². The van der Waals surface area contributed by atoms with E-state index in [2.05, 4.69) is 123 Å². The van der Waals surface area contributed by atoms with Gasteiger partial charge < -0.3 is 0 Å². The van der Waals surface area contributed by atoms with Crippen LogP contribution in [0.4, 0.5) is 0 Å². The monoisotopic (exact) mass is 458 g/mol. The van der Waals surface area contributed by atoms with Crippen molar-refractivity contribution in [3.63, 3.8) is 0 Å². The summed E-state index contributed by atoms with van der Waals surface area (Å²) in [7, 11) is 0. The van der Waals surface area contributed by atoms with Crippen LogP contribution in [0.2, 0.25) is 0 Å². The molecule has 5 rings (SSSR count). The smallest absolute Gasteiger partial charge is 0.189 e. The van der Waals surface area contributed by atoms with Crippen LogP contribution in [-0.2, 0) is 12.0 Å². The molecule has 0 atom stereocenters. The molecule has 1 heteroatoms. The molecule has 0 aliphatic carbocycles. The molecular weight excluding hydrogens is 422 g/mol. The van der Waals surface area contributed by atoms with Gasteiger partial charge in [0, 0.05) is 30.5 Å². The first-order valence-corrected chi connectivity index (χ1v) is 13.2. The normalized spacial score (nSPS) is 13.9. The Kier molecular flexibility index (Phi) is 6.43. The Bertz CT molecular complexity index is 1360. The van der Waals surface area contributed by atoms with Gasteiger partial charge in [0.05, 0.1) is 5.56 Å². The molecule has 0 saturated heterocycles. The van der Waals surface area contributed by atoms with Gasteiger partial charge in [0.1, 0.15) is 0 Å². The van der Waals surface area contributed by atoms with Crippen LogP contribution in [0.25, 0.3) is 39.1 Å². The Labute approximate surface area is 210 Å². The summed E-state index contributed by atoms with van der Waals surface area (Å²) in [5, 5.41) is 0. The van der Waals surface area contributed by atoms with E-state index >= 15 is 0 Å². The second kappa shape index (κ2) is 9.66. The van der Waals surface area contributed by atoms with Gasteiger partial charge in [-0.15, -0.1) is 0 Å². The SMILES string of the molecule is C=C1c2ccc(-c3ccccc3)cc2-c2cc(-c3cccc(CCCC)c3)cc[n+]2C1(CC)CC. The summed E-state index contributed by atoms with van der Waals surface area (Å²) in [6, 6.07) is 31.4. The molecule has 0 amide bonds. The predicted molar refractivity (Wildman–Crippen MR) is 149 cm³/mol.